The van der Waals surface area contributed by atoms with Crippen molar-refractivity contribution in [2.75, 3.05) is 31.5 Å². The smallest absolute Gasteiger partial charge is 0.242 e. The van der Waals surface area contributed by atoms with Gasteiger partial charge in [-0.2, -0.15) is 0 Å². The van der Waals surface area contributed by atoms with Crippen molar-refractivity contribution in [3.8, 4) is 0 Å². The molecule has 1 aliphatic rings. The molecule has 0 radical (unpaired) electrons. The van der Waals surface area contributed by atoms with Crippen LogP contribution >= 0.6 is 0 Å². The summed E-state index contributed by atoms with van der Waals surface area (Å²) >= 11 is 0. The maximum Gasteiger partial charge on any atom is 0.242 e. The number of rotatable bonds is 4. The van der Waals surface area contributed by atoms with E-state index < -0.39 is 0 Å². The molecule has 0 bridgehead atoms. The quantitative estimate of drug-likeness (QED) is 0.800. The van der Waals surface area contributed by atoms with E-state index in [0.29, 0.717) is 0 Å². The van der Waals surface area contributed by atoms with E-state index in [4.69, 9.17) is 0 Å². The second-order valence-electron chi connectivity index (χ2n) is 4.38. The lowest BCUT2D eigenvalue weighted by Crippen LogP contribution is -2.35. The molecule has 1 aromatic rings. The molecule has 0 spiro atoms. The zero-order valence-electron chi connectivity index (χ0n) is 10.1. The lowest BCUT2D eigenvalue weighted by Gasteiger charge is -2.30. The molecule has 1 fully saturated rings. The minimum Gasteiger partial charge on any atom is -0.353 e. The van der Waals surface area contributed by atoms with Gasteiger partial charge in [-0.05, 0) is 48.8 Å². The van der Waals surface area contributed by atoms with E-state index in [0.717, 1.165) is 18.4 Å². The van der Waals surface area contributed by atoms with Crippen molar-refractivity contribution in [1.82, 2.24) is 25.1 Å². The minimum atomic E-state index is 0.750. The van der Waals surface area contributed by atoms with Crippen molar-refractivity contribution in [1.29, 1.82) is 0 Å². The van der Waals surface area contributed by atoms with Crippen molar-refractivity contribution in [3.63, 3.8) is 0 Å². The number of nitrogens with zero attached hydrogens (tertiary/aromatic N) is 5. The molecule has 0 saturated carbocycles. The summed E-state index contributed by atoms with van der Waals surface area (Å²) < 4.78 is 1.67. The Labute approximate surface area is 96.0 Å². The van der Waals surface area contributed by atoms with Gasteiger partial charge in [0.05, 0.1) is 0 Å². The molecule has 1 N–H and O–H groups in total. The average molecular weight is 224 g/mol. The van der Waals surface area contributed by atoms with Gasteiger partial charge in [0.1, 0.15) is 0 Å². The van der Waals surface area contributed by atoms with E-state index in [2.05, 4.69) is 32.7 Å². The third-order valence-corrected chi connectivity index (χ3v) is 3.32. The van der Waals surface area contributed by atoms with Crippen molar-refractivity contribution in [2.45, 2.75) is 19.8 Å². The fourth-order valence-electron chi connectivity index (χ4n) is 2.12. The summed E-state index contributed by atoms with van der Waals surface area (Å²) in [5.74, 6) is 1.51. The molecule has 1 saturated heterocycles. The lowest BCUT2D eigenvalue weighted by atomic mass is 9.97. The fraction of sp³-hybridized carbons (Fsp3) is 0.900. The van der Waals surface area contributed by atoms with Crippen molar-refractivity contribution < 1.29 is 0 Å². The van der Waals surface area contributed by atoms with E-state index in [1.807, 2.05) is 7.05 Å². The third kappa shape index (κ3) is 2.69. The zero-order valence-corrected chi connectivity index (χ0v) is 10.1. The molecule has 1 aromatic heterocycles. The van der Waals surface area contributed by atoms with Crippen molar-refractivity contribution in [2.24, 2.45) is 13.0 Å². The minimum absolute atomic E-state index is 0.750. The van der Waals surface area contributed by atoms with Crippen LogP contribution in [0, 0.1) is 5.92 Å². The SMILES string of the molecule is CCN1CCC(CNc2nnnn2C)CC1. The summed E-state index contributed by atoms with van der Waals surface area (Å²) in [6.45, 7) is 6.82. The molecule has 0 unspecified atom stereocenters. The molecular weight excluding hydrogens is 204 g/mol. The summed E-state index contributed by atoms with van der Waals surface area (Å²) in [5, 5.41) is 14.6. The molecule has 1 aliphatic heterocycles. The number of hydrogen-bond acceptors (Lipinski definition) is 5. The van der Waals surface area contributed by atoms with Gasteiger partial charge in [-0.3, -0.25) is 0 Å². The molecule has 90 valence electrons. The van der Waals surface area contributed by atoms with Gasteiger partial charge in [0.2, 0.25) is 5.95 Å². The van der Waals surface area contributed by atoms with Crippen LogP contribution in [0.15, 0.2) is 0 Å². The predicted molar refractivity (Wildman–Crippen MR) is 62.1 cm³/mol. The van der Waals surface area contributed by atoms with E-state index in [9.17, 15) is 0 Å². The molecule has 6 nitrogen and oxygen atoms in total. The van der Waals surface area contributed by atoms with Crippen molar-refractivity contribution in [3.05, 3.63) is 0 Å². The first-order valence-electron chi connectivity index (χ1n) is 5.98. The van der Waals surface area contributed by atoms with Crippen LogP contribution in [0.5, 0.6) is 0 Å². The lowest BCUT2D eigenvalue weighted by molar-refractivity contribution is 0.198. The standard InChI is InChI=1S/C10H20N6/c1-3-16-6-4-9(5-7-16)8-11-10-12-13-14-15(10)2/h9H,3-8H2,1-2H3,(H,11,12,14). The monoisotopic (exact) mass is 224 g/mol. The van der Waals surface area contributed by atoms with Gasteiger partial charge in [0.15, 0.2) is 0 Å². The molecule has 0 amide bonds. The van der Waals surface area contributed by atoms with Gasteiger partial charge < -0.3 is 10.2 Å². The normalized spacial score (nSPS) is 18.9. The zero-order chi connectivity index (χ0) is 11.4. The van der Waals surface area contributed by atoms with Crippen LogP contribution in [0.25, 0.3) is 0 Å². The van der Waals surface area contributed by atoms with Crippen LogP contribution in [0.4, 0.5) is 5.95 Å². The van der Waals surface area contributed by atoms with Crippen LogP contribution in [0.3, 0.4) is 0 Å². The van der Waals surface area contributed by atoms with Crippen LogP contribution in [0.1, 0.15) is 19.8 Å². The second kappa shape index (κ2) is 5.25. The highest BCUT2D eigenvalue weighted by atomic mass is 15.6. The van der Waals surface area contributed by atoms with E-state index >= 15 is 0 Å². The molecular formula is C10H20N6. The maximum atomic E-state index is 3.91. The van der Waals surface area contributed by atoms with Crippen molar-refractivity contribution >= 4 is 5.95 Å². The Morgan fingerprint density at radius 1 is 1.38 bits per heavy atom. The van der Waals surface area contributed by atoms with Crippen LogP contribution in [-0.4, -0.2) is 51.3 Å². The predicted octanol–water partition coefficient (Wildman–Crippen LogP) is 0.354. The number of hydrogen-bond donors (Lipinski definition) is 1. The van der Waals surface area contributed by atoms with Gasteiger partial charge in [-0.1, -0.05) is 12.0 Å². The second-order valence-corrected chi connectivity index (χ2v) is 4.38. The van der Waals surface area contributed by atoms with Crippen LogP contribution < -0.4 is 5.32 Å². The summed E-state index contributed by atoms with van der Waals surface area (Å²) in [6.07, 6.45) is 2.54. The van der Waals surface area contributed by atoms with Crippen LogP contribution in [-0.2, 0) is 7.05 Å². The first-order chi connectivity index (χ1) is 7.79. The third-order valence-electron chi connectivity index (χ3n) is 3.32. The molecule has 0 atom stereocenters. The van der Waals surface area contributed by atoms with E-state index in [1.54, 1.807) is 4.68 Å². The highest BCUT2D eigenvalue weighted by molar-refractivity contribution is 5.20. The van der Waals surface area contributed by atoms with Gasteiger partial charge in [0.25, 0.3) is 0 Å². The summed E-state index contributed by atoms with van der Waals surface area (Å²) in [6, 6.07) is 0. The van der Waals surface area contributed by atoms with Gasteiger partial charge in [-0.25, -0.2) is 4.68 Å². The highest BCUT2D eigenvalue weighted by Gasteiger charge is 2.18. The first-order valence-corrected chi connectivity index (χ1v) is 5.98. The van der Waals surface area contributed by atoms with E-state index in [-0.39, 0.29) is 0 Å². The number of aryl methyl sites for hydroxylation is 1. The molecule has 0 aliphatic carbocycles. The van der Waals surface area contributed by atoms with Gasteiger partial charge in [0, 0.05) is 13.6 Å². The van der Waals surface area contributed by atoms with E-state index in [1.165, 1.54) is 32.5 Å². The Kier molecular flexibility index (Phi) is 3.71. The largest absolute Gasteiger partial charge is 0.353 e. The molecule has 2 rings (SSSR count). The summed E-state index contributed by atoms with van der Waals surface area (Å²) in [7, 11) is 1.85. The van der Waals surface area contributed by atoms with Gasteiger partial charge >= 0.3 is 0 Å². The average Bonchev–Trinajstić information content (AvgIpc) is 2.73. The molecule has 2 heterocycles. The molecule has 0 aromatic carbocycles. The molecule has 6 heteroatoms. The Morgan fingerprint density at radius 2 is 2.12 bits per heavy atom. The number of tetrazole rings is 1. The Bertz CT molecular complexity index is 315. The van der Waals surface area contributed by atoms with Gasteiger partial charge in [-0.15, -0.1) is 0 Å². The number of aromatic nitrogens is 4. The summed E-state index contributed by atoms with van der Waals surface area (Å²) in [4.78, 5) is 2.50. The number of likely N-dealkylation sites (tertiary alicyclic amines) is 1. The fourth-order valence-corrected chi connectivity index (χ4v) is 2.12. The topological polar surface area (TPSA) is 58.9 Å². The number of piperidine rings is 1. The molecule has 16 heavy (non-hydrogen) atoms. The van der Waals surface area contributed by atoms with Crippen LogP contribution in [0.2, 0.25) is 0 Å². The summed E-state index contributed by atoms with van der Waals surface area (Å²) in [5.41, 5.74) is 0. The Balaban J connectivity index is 1.73. The Hall–Kier alpha value is -1.17. The maximum absolute atomic E-state index is 3.91. The first kappa shape index (κ1) is 11.3. The Morgan fingerprint density at radius 3 is 2.69 bits per heavy atom. The number of nitrogens with one attached hydrogen (secondary N) is 1. The number of anilines is 1. The highest BCUT2D eigenvalue weighted by Crippen LogP contribution is 2.16.